The summed E-state index contributed by atoms with van der Waals surface area (Å²) in [4.78, 5) is 11.5. The first kappa shape index (κ1) is 16.4. The molecule has 0 bridgehead atoms. The Hall–Kier alpha value is -0.570. The average molecular weight is 244 g/mol. The molecule has 0 N–H and O–H groups in total. The first-order valence-corrected chi connectivity index (χ1v) is 6.91. The van der Waals surface area contributed by atoms with Crippen LogP contribution in [0.5, 0.6) is 0 Å². The molecular weight excluding hydrogens is 214 g/mol. The van der Waals surface area contributed by atoms with Gasteiger partial charge in [-0.2, -0.15) is 0 Å². The molecule has 0 rings (SSSR count). The van der Waals surface area contributed by atoms with Crippen LogP contribution in [0.3, 0.4) is 0 Å². The van der Waals surface area contributed by atoms with Gasteiger partial charge in [0.05, 0.1) is 26.6 Å². The maximum Gasteiger partial charge on any atom is 0.308 e. The fourth-order valence-corrected chi connectivity index (χ4v) is 1.60. The third kappa shape index (κ3) is 8.19. The van der Waals surface area contributed by atoms with Gasteiger partial charge in [-0.25, -0.2) is 0 Å². The van der Waals surface area contributed by atoms with Gasteiger partial charge in [0.2, 0.25) is 0 Å². The summed E-state index contributed by atoms with van der Waals surface area (Å²) in [7, 11) is 4.40. The number of ether oxygens (including phenoxy) is 1. The predicted octanol–water partition coefficient (Wildman–Crippen LogP) is 2.84. The van der Waals surface area contributed by atoms with E-state index in [1.165, 1.54) is 19.3 Å². The van der Waals surface area contributed by atoms with Crippen molar-refractivity contribution in [2.75, 3.05) is 33.8 Å². The molecule has 0 aliphatic carbocycles. The lowest BCUT2D eigenvalue weighted by atomic mass is 10.1. The second-order valence-electron chi connectivity index (χ2n) is 5.57. The van der Waals surface area contributed by atoms with Crippen molar-refractivity contribution in [1.29, 1.82) is 0 Å². The van der Waals surface area contributed by atoms with Crippen molar-refractivity contribution < 1.29 is 14.0 Å². The maximum absolute atomic E-state index is 11.5. The number of esters is 1. The van der Waals surface area contributed by atoms with Crippen LogP contribution in [-0.2, 0) is 9.53 Å². The molecule has 0 aliphatic rings. The molecule has 0 saturated carbocycles. The molecule has 1 unspecified atom stereocenters. The minimum atomic E-state index is -0.0546. The van der Waals surface area contributed by atoms with Crippen LogP contribution in [0.1, 0.15) is 46.5 Å². The summed E-state index contributed by atoms with van der Waals surface area (Å²) in [6, 6.07) is 0. The number of rotatable bonds is 9. The van der Waals surface area contributed by atoms with Crippen molar-refractivity contribution in [3.8, 4) is 0 Å². The van der Waals surface area contributed by atoms with E-state index in [2.05, 4.69) is 21.0 Å². The summed E-state index contributed by atoms with van der Waals surface area (Å²) in [5.74, 6) is -0.0215. The Balaban J connectivity index is 3.74. The Morgan fingerprint density at radius 3 is 2.35 bits per heavy atom. The highest BCUT2D eigenvalue weighted by atomic mass is 16.5. The Kier molecular flexibility index (Phi) is 8.23. The van der Waals surface area contributed by atoms with Crippen LogP contribution in [-0.4, -0.2) is 44.2 Å². The largest absolute Gasteiger partial charge is 0.459 e. The SMILES string of the molecule is CCCCC[N+](C)(C)CCOC(=O)C(C)CC. The van der Waals surface area contributed by atoms with Crippen LogP contribution in [0, 0.1) is 5.92 Å². The summed E-state index contributed by atoms with van der Waals surface area (Å²) in [6.07, 6.45) is 4.65. The van der Waals surface area contributed by atoms with Gasteiger partial charge in [0.15, 0.2) is 0 Å². The maximum atomic E-state index is 11.5. The van der Waals surface area contributed by atoms with E-state index in [4.69, 9.17) is 4.74 Å². The zero-order valence-electron chi connectivity index (χ0n) is 12.3. The van der Waals surface area contributed by atoms with Crippen LogP contribution < -0.4 is 0 Å². The highest BCUT2D eigenvalue weighted by molar-refractivity contribution is 5.71. The van der Waals surface area contributed by atoms with Crippen molar-refractivity contribution in [1.82, 2.24) is 0 Å². The Bertz CT molecular complexity index is 214. The van der Waals surface area contributed by atoms with E-state index in [9.17, 15) is 4.79 Å². The third-order valence-electron chi connectivity index (χ3n) is 3.32. The average Bonchev–Trinajstić information content (AvgIpc) is 2.27. The van der Waals surface area contributed by atoms with Gasteiger partial charge in [0, 0.05) is 0 Å². The van der Waals surface area contributed by atoms with E-state index in [-0.39, 0.29) is 11.9 Å². The third-order valence-corrected chi connectivity index (χ3v) is 3.32. The highest BCUT2D eigenvalue weighted by Crippen LogP contribution is 2.06. The number of hydrogen-bond acceptors (Lipinski definition) is 2. The number of carbonyl (C=O) groups excluding carboxylic acids is 1. The summed E-state index contributed by atoms with van der Waals surface area (Å²) in [5.41, 5.74) is 0. The molecule has 0 heterocycles. The molecule has 0 aromatic heterocycles. The molecular formula is C14H30NO2+. The van der Waals surface area contributed by atoms with Gasteiger partial charge in [-0.1, -0.05) is 27.2 Å². The zero-order valence-corrected chi connectivity index (χ0v) is 12.3. The monoisotopic (exact) mass is 244 g/mol. The number of quaternary nitrogens is 1. The highest BCUT2D eigenvalue weighted by Gasteiger charge is 2.17. The van der Waals surface area contributed by atoms with Crippen molar-refractivity contribution in [3.63, 3.8) is 0 Å². The number of nitrogens with zero attached hydrogens (tertiary/aromatic N) is 1. The minimum absolute atomic E-state index is 0.0331. The Labute approximate surface area is 107 Å². The molecule has 0 aliphatic heterocycles. The van der Waals surface area contributed by atoms with Crippen molar-refractivity contribution in [2.45, 2.75) is 46.5 Å². The van der Waals surface area contributed by atoms with Crippen LogP contribution in [0.15, 0.2) is 0 Å². The summed E-state index contributed by atoms with van der Waals surface area (Å²) >= 11 is 0. The van der Waals surface area contributed by atoms with Crippen molar-refractivity contribution in [2.24, 2.45) is 5.92 Å². The lowest BCUT2D eigenvalue weighted by Gasteiger charge is -2.29. The molecule has 0 amide bonds. The molecule has 3 heteroatoms. The van der Waals surface area contributed by atoms with E-state index >= 15 is 0 Å². The molecule has 1 atom stereocenters. The second kappa shape index (κ2) is 8.51. The molecule has 102 valence electrons. The Morgan fingerprint density at radius 2 is 1.82 bits per heavy atom. The summed E-state index contributed by atoms with van der Waals surface area (Å²) in [5, 5.41) is 0. The molecule has 0 radical (unpaired) electrons. The fourth-order valence-electron chi connectivity index (χ4n) is 1.60. The number of unbranched alkanes of at least 4 members (excludes halogenated alkanes) is 2. The van der Waals surface area contributed by atoms with E-state index in [1.807, 2.05) is 13.8 Å². The molecule has 0 spiro atoms. The molecule has 0 aromatic rings. The van der Waals surface area contributed by atoms with Crippen molar-refractivity contribution >= 4 is 5.97 Å². The lowest BCUT2D eigenvalue weighted by molar-refractivity contribution is -0.890. The van der Waals surface area contributed by atoms with Crippen LogP contribution in [0.2, 0.25) is 0 Å². The van der Waals surface area contributed by atoms with Gasteiger partial charge in [-0.05, 0) is 19.3 Å². The zero-order chi connectivity index (χ0) is 13.3. The smallest absolute Gasteiger partial charge is 0.308 e. The number of carbonyl (C=O) groups is 1. The quantitative estimate of drug-likeness (QED) is 0.354. The minimum Gasteiger partial charge on any atom is -0.459 e. The van der Waals surface area contributed by atoms with Gasteiger partial charge in [-0.15, -0.1) is 0 Å². The van der Waals surface area contributed by atoms with Gasteiger partial charge in [0.25, 0.3) is 0 Å². The van der Waals surface area contributed by atoms with Gasteiger partial charge in [0.1, 0.15) is 13.2 Å². The first-order chi connectivity index (χ1) is 7.93. The van der Waals surface area contributed by atoms with Gasteiger partial charge >= 0.3 is 5.97 Å². The molecule has 0 saturated heterocycles. The molecule has 17 heavy (non-hydrogen) atoms. The van der Waals surface area contributed by atoms with E-state index in [0.717, 1.165) is 24.0 Å². The summed E-state index contributed by atoms with van der Waals surface area (Å²) in [6.45, 7) is 8.76. The molecule has 3 nitrogen and oxygen atoms in total. The number of hydrogen-bond donors (Lipinski definition) is 0. The predicted molar refractivity (Wildman–Crippen MR) is 71.8 cm³/mol. The van der Waals surface area contributed by atoms with E-state index < -0.39 is 0 Å². The molecule has 0 fully saturated rings. The standard InChI is InChI=1S/C14H30NO2/c1-6-8-9-10-15(4,5)11-12-17-14(16)13(3)7-2/h13H,6-12H2,1-5H3/q+1. The lowest BCUT2D eigenvalue weighted by Crippen LogP contribution is -2.43. The van der Waals surface area contributed by atoms with Gasteiger partial charge < -0.3 is 9.22 Å². The topological polar surface area (TPSA) is 26.3 Å². The normalized spacial score (nSPS) is 13.5. The summed E-state index contributed by atoms with van der Waals surface area (Å²) < 4.78 is 6.22. The van der Waals surface area contributed by atoms with Crippen LogP contribution in [0.25, 0.3) is 0 Å². The molecule has 0 aromatic carbocycles. The Morgan fingerprint density at radius 1 is 1.18 bits per heavy atom. The van der Waals surface area contributed by atoms with Crippen LogP contribution in [0.4, 0.5) is 0 Å². The number of likely N-dealkylation sites (N-methyl/N-ethyl adjacent to an activating group) is 1. The first-order valence-electron chi connectivity index (χ1n) is 6.91. The van der Waals surface area contributed by atoms with E-state index in [1.54, 1.807) is 0 Å². The second-order valence-corrected chi connectivity index (χ2v) is 5.57. The van der Waals surface area contributed by atoms with Gasteiger partial charge in [-0.3, -0.25) is 4.79 Å². The fraction of sp³-hybridized carbons (Fsp3) is 0.929. The van der Waals surface area contributed by atoms with Crippen LogP contribution >= 0.6 is 0 Å². The van der Waals surface area contributed by atoms with Crippen molar-refractivity contribution in [3.05, 3.63) is 0 Å². The van der Waals surface area contributed by atoms with E-state index in [0.29, 0.717) is 6.61 Å².